The molecule has 0 spiro atoms. The smallest absolute Gasteiger partial charge is 0.133 e. The summed E-state index contributed by atoms with van der Waals surface area (Å²) < 4.78 is 39.2. The van der Waals surface area contributed by atoms with Gasteiger partial charge in [-0.25, -0.2) is 13.2 Å². The summed E-state index contributed by atoms with van der Waals surface area (Å²) in [7, 11) is 0. The van der Waals surface area contributed by atoms with Crippen molar-refractivity contribution in [1.29, 1.82) is 0 Å². The monoisotopic (exact) mass is 234 g/mol. The Kier molecular flexibility index (Phi) is 3.28. The lowest BCUT2D eigenvalue weighted by Gasteiger charge is -1.98. The highest BCUT2D eigenvalue weighted by Gasteiger charge is 2.03. The second-order valence-corrected chi connectivity index (χ2v) is 3.52. The van der Waals surface area contributed by atoms with E-state index in [2.05, 4.69) is 0 Å². The molecule has 0 nitrogen and oxygen atoms in total. The molecule has 2 rings (SSSR count). The summed E-state index contributed by atoms with van der Waals surface area (Å²) in [4.78, 5) is 0. The molecule has 0 aliphatic rings. The van der Waals surface area contributed by atoms with Gasteiger partial charge < -0.3 is 0 Å². The summed E-state index contributed by atoms with van der Waals surface area (Å²) in [5, 5.41) is 0. The van der Waals surface area contributed by atoms with Crippen LogP contribution in [0.5, 0.6) is 0 Å². The van der Waals surface area contributed by atoms with Crippen LogP contribution in [-0.4, -0.2) is 0 Å². The van der Waals surface area contributed by atoms with Crippen molar-refractivity contribution in [3.05, 3.63) is 71.0 Å². The zero-order valence-electron chi connectivity index (χ0n) is 8.83. The molecule has 2 aromatic carbocycles. The van der Waals surface area contributed by atoms with Crippen molar-refractivity contribution < 1.29 is 13.2 Å². The average molecular weight is 234 g/mol. The maximum atomic E-state index is 13.3. The fraction of sp³-hybridized carbons (Fsp3) is 0. The highest BCUT2D eigenvalue weighted by atomic mass is 19.1. The van der Waals surface area contributed by atoms with E-state index in [0.29, 0.717) is 5.56 Å². The van der Waals surface area contributed by atoms with E-state index in [0.717, 1.165) is 0 Å². The Bertz CT molecular complexity index is 522. The molecule has 86 valence electrons. The molecule has 0 amide bonds. The van der Waals surface area contributed by atoms with Gasteiger partial charge in [0.25, 0.3) is 0 Å². The van der Waals surface area contributed by atoms with E-state index in [1.807, 2.05) is 0 Å². The van der Waals surface area contributed by atoms with Crippen LogP contribution in [0.25, 0.3) is 12.2 Å². The first-order chi connectivity index (χ1) is 8.16. The second kappa shape index (κ2) is 4.87. The van der Waals surface area contributed by atoms with E-state index >= 15 is 0 Å². The first-order valence-corrected chi connectivity index (χ1v) is 5.04. The minimum Gasteiger partial charge on any atom is -0.207 e. The number of halogens is 3. The molecular formula is C14H9F3. The second-order valence-electron chi connectivity index (χ2n) is 3.52. The lowest BCUT2D eigenvalue weighted by molar-refractivity contribution is 0.579. The molecule has 0 atom stereocenters. The fourth-order valence-corrected chi connectivity index (χ4v) is 1.42. The molecule has 0 aliphatic heterocycles. The van der Waals surface area contributed by atoms with Crippen LogP contribution in [0.4, 0.5) is 13.2 Å². The van der Waals surface area contributed by atoms with Gasteiger partial charge >= 0.3 is 0 Å². The van der Waals surface area contributed by atoms with E-state index in [4.69, 9.17) is 0 Å². The predicted molar refractivity (Wildman–Crippen MR) is 61.7 cm³/mol. The van der Waals surface area contributed by atoms with Crippen LogP contribution in [0.1, 0.15) is 11.1 Å². The van der Waals surface area contributed by atoms with Crippen LogP contribution >= 0.6 is 0 Å². The van der Waals surface area contributed by atoms with Crippen LogP contribution in [0.3, 0.4) is 0 Å². The summed E-state index contributed by atoms with van der Waals surface area (Å²) in [6.07, 6.45) is 2.86. The molecule has 0 fully saturated rings. The van der Waals surface area contributed by atoms with E-state index in [9.17, 15) is 13.2 Å². The topological polar surface area (TPSA) is 0 Å². The normalized spacial score (nSPS) is 11.0. The number of hydrogen-bond donors (Lipinski definition) is 0. The van der Waals surface area contributed by atoms with Crippen molar-refractivity contribution >= 4 is 12.2 Å². The molecule has 0 bridgehead atoms. The molecule has 0 aromatic heterocycles. The van der Waals surface area contributed by atoms with E-state index in [-0.39, 0.29) is 11.4 Å². The lowest BCUT2D eigenvalue weighted by Crippen LogP contribution is -1.87. The third kappa shape index (κ3) is 2.75. The molecule has 0 N–H and O–H groups in total. The molecule has 17 heavy (non-hydrogen) atoms. The van der Waals surface area contributed by atoms with Crippen LogP contribution in [0, 0.1) is 17.5 Å². The van der Waals surface area contributed by atoms with Crippen molar-refractivity contribution in [2.45, 2.75) is 0 Å². The van der Waals surface area contributed by atoms with Gasteiger partial charge in [0.1, 0.15) is 17.5 Å². The number of hydrogen-bond acceptors (Lipinski definition) is 0. The third-order valence-electron chi connectivity index (χ3n) is 2.31. The van der Waals surface area contributed by atoms with Gasteiger partial charge in [0.05, 0.1) is 0 Å². The predicted octanol–water partition coefficient (Wildman–Crippen LogP) is 4.27. The largest absolute Gasteiger partial charge is 0.207 e. The van der Waals surface area contributed by atoms with Crippen molar-refractivity contribution in [3.63, 3.8) is 0 Å². The summed E-state index contributed by atoms with van der Waals surface area (Å²) in [6.45, 7) is 0. The molecule has 0 heterocycles. The van der Waals surface area contributed by atoms with Crippen molar-refractivity contribution in [2.75, 3.05) is 0 Å². The van der Waals surface area contributed by atoms with Gasteiger partial charge in [0, 0.05) is 5.56 Å². The summed E-state index contributed by atoms with van der Waals surface area (Å²) >= 11 is 0. The molecule has 2 aromatic rings. The SMILES string of the molecule is Fc1ccc(C=Cc2c(F)cccc2F)cc1. The van der Waals surface area contributed by atoms with Crippen LogP contribution in [0.15, 0.2) is 42.5 Å². The summed E-state index contributed by atoms with van der Waals surface area (Å²) in [5.41, 5.74) is 0.575. The van der Waals surface area contributed by atoms with Gasteiger partial charge in [-0.2, -0.15) is 0 Å². The van der Waals surface area contributed by atoms with Gasteiger partial charge in [0.15, 0.2) is 0 Å². The number of rotatable bonds is 2. The van der Waals surface area contributed by atoms with Gasteiger partial charge in [-0.3, -0.25) is 0 Å². The van der Waals surface area contributed by atoms with Crippen LogP contribution < -0.4 is 0 Å². The Labute approximate surface area is 97.0 Å². The lowest BCUT2D eigenvalue weighted by atomic mass is 10.1. The van der Waals surface area contributed by atoms with E-state index < -0.39 is 11.6 Å². The van der Waals surface area contributed by atoms with Crippen molar-refractivity contribution in [3.8, 4) is 0 Å². The molecule has 0 radical (unpaired) electrons. The Hall–Kier alpha value is -2.03. The molecule has 0 saturated heterocycles. The minimum atomic E-state index is -0.622. The van der Waals surface area contributed by atoms with Crippen molar-refractivity contribution in [2.24, 2.45) is 0 Å². The molecular weight excluding hydrogens is 225 g/mol. The van der Waals surface area contributed by atoms with Crippen molar-refractivity contribution in [1.82, 2.24) is 0 Å². The zero-order chi connectivity index (χ0) is 12.3. The molecule has 3 heteroatoms. The molecule has 0 saturated carbocycles. The molecule has 0 aliphatic carbocycles. The standard InChI is InChI=1S/C14H9F3/c15-11-7-4-10(5-8-11)6-9-12-13(16)2-1-3-14(12)17/h1-9H. The summed E-state index contributed by atoms with van der Waals surface area (Å²) in [5.74, 6) is -1.59. The Morgan fingerprint density at radius 1 is 0.706 bits per heavy atom. The third-order valence-corrected chi connectivity index (χ3v) is 2.31. The fourth-order valence-electron chi connectivity index (χ4n) is 1.42. The first-order valence-electron chi connectivity index (χ1n) is 5.04. The van der Waals surface area contributed by atoms with Gasteiger partial charge in [-0.15, -0.1) is 0 Å². The van der Waals surface area contributed by atoms with Crippen LogP contribution in [0.2, 0.25) is 0 Å². The first kappa shape index (κ1) is 11.5. The zero-order valence-corrected chi connectivity index (χ0v) is 8.83. The van der Waals surface area contributed by atoms with E-state index in [1.54, 1.807) is 0 Å². The Balaban J connectivity index is 2.29. The highest BCUT2D eigenvalue weighted by molar-refractivity contribution is 5.70. The minimum absolute atomic E-state index is 0.100. The quantitative estimate of drug-likeness (QED) is 0.680. The van der Waals surface area contributed by atoms with Crippen LogP contribution in [-0.2, 0) is 0 Å². The maximum absolute atomic E-state index is 13.3. The van der Waals surface area contributed by atoms with Gasteiger partial charge in [0.2, 0.25) is 0 Å². The Morgan fingerprint density at radius 3 is 1.88 bits per heavy atom. The molecule has 0 unspecified atom stereocenters. The maximum Gasteiger partial charge on any atom is 0.133 e. The van der Waals surface area contributed by atoms with Gasteiger partial charge in [-0.1, -0.05) is 24.3 Å². The highest BCUT2D eigenvalue weighted by Crippen LogP contribution is 2.15. The average Bonchev–Trinajstić information content (AvgIpc) is 2.31. The Morgan fingerprint density at radius 2 is 1.29 bits per heavy atom. The number of benzene rings is 2. The summed E-state index contributed by atoms with van der Waals surface area (Å²) in [6, 6.07) is 9.32. The van der Waals surface area contributed by atoms with Gasteiger partial charge in [-0.05, 0) is 35.9 Å². The van der Waals surface area contributed by atoms with E-state index in [1.165, 1.54) is 54.6 Å².